The fourth-order valence-corrected chi connectivity index (χ4v) is 2.41. The zero-order valence-corrected chi connectivity index (χ0v) is 13.4. The third-order valence-electron chi connectivity index (χ3n) is 3.91. The molecule has 0 aliphatic carbocycles. The molecule has 0 atom stereocenters. The summed E-state index contributed by atoms with van der Waals surface area (Å²) in [5.41, 5.74) is 1.14. The molecule has 0 unspecified atom stereocenters. The van der Waals surface area contributed by atoms with Crippen LogP contribution in [0.5, 0.6) is 0 Å². The quantitative estimate of drug-likeness (QED) is 0.894. The van der Waals surface area contributed by atoms with Crippen LogP contribution in [0.15, 0.2) is 6.20 Å². The van der Waals surface area contributed by atoms with Crippen LogP contribution in [-0.4, -0.2) is 45.1 Å². The van der Waals surface area contributed by atoms with E-state index in [1.165, 1.54) is 25.9 Å². The van der Waals surface area contributed by atoms with Gasteiger partial charge in [0.25, 0.3) is 0 Å². The Morgan fingerprint density at radius 1 is 1.25 bits per heavy atom. The SMILES string of the molecule is CC1CCN(CCn2cc(CNC(C)(C)C)nn2)CC1. The van der Waals surface area contributed by atoms with E-state index in [0.29, 0.717) is 0 Å². The number of rotatable bonds is 5. The molecule has 1 fully saturated rings. The highest BCUT2D eigenvalue weighted by Gasteiger charge is 2.15. The molecule has 2 rings (SSSR count). The molecule has 1 N–H and O–H groups in total. The van der Waals surface area contributed by atoms with Gasteiger partial charge >= 0.3 is 0 Å². The van der Waals surface area contributed by atoms with Crippen LogP contribution in [0.3, 0.4) is 0 Å². The van der Waals surface area contributed by atoms with E-state index < -0.39 is 0 Å². The van der Waals surface area contributed by atoms with Crippen LogP contribution in [0.25, 0.3) is 0 Å². The molecule has 5 heteroatoms. The van der Waals surface area contributed by atoms with Gasteiger partial charge in [0, 0.05) is 24.8 Å². The molecule has 5 nitrogen and oxygen atoms in total. The van der Waals surface area contributed by atoms with Crippen molar-refractivity contribution in [3.63, 3.8) is 0 Å². The Kier molecular flexibility index (Phi) is 5.16. The number of hydrogen-bond acceptors (Lipinski definition) is 4. The van der Waals surface area contributed by atoms with Crippen LogP contribution in [-0.2, 0) is 13.1 Å². The minimum absolute atomic E-state index is 0.119. The smallest absolute Gasteiger partial charge is 0.0965 e. The molecule has 0 bridgehead atoms. The second-order valence-corrected chi connectivity index (χ2v) is 7.10. The van der Waals surface area contributed by atoms with E-state index in [9.17, 15) is 0 Å². The second kappa shape index (κ2) is 6.68. The Morgan fingerprint density at radius 2 is 1.95 bits per heavy atom. The molecule has 2 heterocycles. The number of hydrogen-bond donors (Lipinski definition) is 1. The van der Waals surface area contributed by atoms with Crippen LogP contribution in [0, 0.1) is 5.92 Å². The van der Waals surface area contributed by atoms with Crippen molar-refractivity contribution in [1.82, 2.24) is 25.2 Å². The first kappa shape index (κ1) is 15.4. The van der Waals surface area contributed by atoms with Crippen molar-refractivity contribution < 1.29 is 0 Å². The van der Waals surface area contributed by atoms with Gasteiger partial charge in [0.05, 0.1) is 12.2 Å². The first-order valence-electron chi connectivity index (χ1n) is 7.79. The topological polar surface area (TPSA) is 46.0 Å². The van der Waals surface area contributed by atoms with Crippen LogP contribution in [0.2, 0.25) is 0 Å². The summed E-state index contributed by atoms with van der Waals surface area (Å²) in [4.78, 5) is 2.54. The van der Waals surface area contributed by atoms with E-state index in [4.69, 9.17) is 0 Å². The zero-order chi connectivity index (χ0) is 14.6. The van der Waals surface area contributed by atoms with Crippen molar-refractivity contribution >= 4 is 0 Å². The average molecular weight is 279 g/mol. The molecule has 20 heavy (non-hydrogen) atoms. The van der Waals surface area contributed by atoms with Crippen molar-refractivity contribution in [2.24, 2.45) is 5.92 Å². The molecular weight excluding hydrogens is 250 g/mol. The predicted octanol–water partition coefficient (Wildman–Crippen LogP) is 1.90. The van der Waals surface area contributed by atoms with E-state index in [2.05, 4.69) is 54.4 Å². The van der Waals surface area contributed by atoms with Gasteiger partial charge in [-0.05, 0) is 52.6 Å². The summed E-state index contributed by atoms with van der Waals surface area (Å²) in [6.07, 6.45) is 4.72. The second-order valence-electron chi connectivity index (χ2n) is 7.10. The molecule has 114 valence electrons. The maximum absolute atomic E-state index is 4.23. The van der Waals surface area contributed by atoms with E-state index in [-0.39, 0.29) is 5.54 Å². The van der Waals surface area contributed by atoms with E-state index in [1.807, 2.05) is 4.68 Å². The lowest BCUT2D eigenvalue weighted by Crippen LogP contribution is -2.35. The fraction of sp³-hybridized carbons (Fsp3) is 0.867. The average Bonchev–Trinajstić information content (AvgIpc) is 2.83. The lowest BCUT2D eigenvalue weighted by atomic mass is 9.99. The molecule has 0 amide bonds. The molecule has 1 aromatic heterocycles. The van der Waals surface area contributed by atoms with E-state index >= 15 is 0 Å². The van der Waals surface area contributed by atoms with Crippen LogP contribution < -0.4 is 5.32 Å². The highest BCUT2D eigenvalue weighted by molar-refractivity contribution is 4.93. The van der Waals surface area contributed by atoms with Gasteiger partial charge in [0.2, 0.25) is 0 Å². The molecule has 1 saturated heterocycles. The molecule has 0 aromatic carbocycles. The van der Waals surface area contributed by atoms with Gasteiger partial charge in [-0.15, -0.1) is 5.10 Å². The third-order valence-corrected chi connectivity index (χ3v) is 3.91. The molecular formula is C15H29N5. The number of piperidine rings is 1. The Labute approximate surface area is 122 Å². The van der Waals surface area contributed by atoms with E-state index in [1.54, 1.807) is 0 Å². The highest BCUT2D eigenvalue weighted by atomic mass is 15.4. The fourth-order valence-electron chi connectivity index (χ4n) is 2.41. The van der Waals surface area contributed by atoms with Crippen molar-refractivity contribution in [2.45, 2.75) is 59.2 Å². The monoisotopic (exact) mass is 279 g/mol. The highest BCUT2D eigenvalue weighted by Crippen LogP contribution is 2.15. The maximum Gasteiger partial charge on any atom is 0.0965 e. The van der Waals surface area contributed by atoms with Gasteiger partial charge in [-0.25, -0.2) is 0 Å². The molecule has 1 aromatic rings. The summed E-state index contributed by atoms with van der Waals surface area (Å²) in [6.45, 7) is 14.1. The van der Waals surface area contributed by atoms with Crippen LogP contribution in [0.4, 0.5) is 0 Å². The Hall–Kier alpha value is -0.940. The maximum atomic E-state index is 4.23. The molecule has 0 radical (unpaired) electrons. The van der Waals surface area contributed by atoms with Gasteiger partial charge in [-0.2, -0.15) is 0 Å². The summed E-state index contributed by atoms with van der Waals surface area (Å²) in [6, 6.07) is 0. The summed E-state index contributed by atoms with van der Waals surface area (Å²) in [7, 11) is 0. The van der Waals surface area contributed by atoms with Gasteiger partial charge in [-0.1, -0.05) is 12.1 Å². The molecule has 0 saturated carbocycles. The lowest BCUT2D eigenvalue weighted by Gasteiger charge is -2.29. The molecule has 1 aliphatic rings. The Morgan fingerprint density at radius 3 is 2.60 bits per heavy atom. The van der Waals surface area contributed by atoms with Gasteiger partial charge in [0.1, 0.15) is 0 Å². The number of likely N-dealkylation sites (tertiary alicyclic amines) is 1. The van der Waals surface area contributed by atoms with Crippen molar-refractivity contribution in [2.75, 3.05) is 19.6 Å². The standard InChI is InChI=1S/C15H29N5/c1-13-5-7-19(8-6-13)9-10-20-12-14(17-18-20)11-16-15(2,3)4/h12-13,16H,5-11H2,1-4H3. The summed E-state index contributed by atoms with van der Waals surface area (Å²) < 4.78 is 1.97. The summed E-state index contributed by atoms with van der Waals surface area (Å²) >= 11 is 0. The Balaban J connectivity index is 1.72. The first-order valence-corrected chi connectivity index (χ1v) is 7.79. The van der Waals surface area contributed by atoms with Gasteiger partial charge in [0.15, 0.2) is 0 Å². The third kappa shape index (κ3) is 5.21. The Bertz CT molecular complexity index is 399. The van der Waals surface area contributed by atoms with Crippen molar-refractivity contribution in [3.05, 3.63) is 11.9 Å². The van der Waals surface area contributed by atoms with Gasteiger partial charge < -0.3 is 10.2 Å². The van der Waals surface area contributed by atoms with Crippen molar-refractivity contribution in [3.8, 4) is 0 Å². The zero-order valence-electron chi connectivity index (χ0n) is 13.4. The largest absolute Gasteiger partial charge is 0.306 e. The summed E-state index contributed by atoms with van der Waals surface area (Å²) in [5.74, 6) is 0.896. The predicted molar refractivity (Wildman–Crippen MR) is 81.5 cm³/mol. The lowest BCUT2D eigenvalue weighted by molar-refractivity contribution is 0.184. The number of aromatic nitrogens is 3. The molecule has 1 aliphatic heterocycles. The van der Waals surface area contributed by atoms with Gasteiger partial charge in [-0.3, -0.25) is 4.68 Å². The van der Waals surface area contributed by atoms with Crippen LogP contribution >= 0.6 is 0 Å². The normalized spacial score (nSPS) is 18.6. The number of nitrogens with zero attached hydrogens (tertiary/aromatic N) is 4. The van der Waals surface area contributed by atoms with E-state index in [0.717, 1.165) is 31.2 Å². The minimum Gasteiger partial charge on any atom is -0.306 e. The summed E-state index contributed by atoms with van der Waals surface area (Å²) in [5, 5.41) is 11.9. The minimum atomic E-state index is 0.119. The first-order chi connectivity index (χ1) is 9.42. The van der Waals surface area contributed by atoms with Crippen molar-refractivity contribution in [1.29, 1.82) is 0 Å². The van der Waals surface area contributed by atoms with Crippen LogP contribution in [0.1, 0.15) is 46.2 Å². The molecule has 0 spiro atoms. The number of nitrogens with one attached hydrogen (secondary N) is 1.